The first kappa shape index (κ1) is 12.2. The van der Waals surface area contributed by atoms with Gasteiger partial charge in [-0.05, 0) is 6.08 Å². The molecule has 0 radical (unpaired) electrons. The van der Waals surface area contributed by atoms with E-state index in [0.717, 1.165) is 0 Å². The molecule has 0 bridgehead atoms. The second-order valence-electron chi connectivity index (χ2n) is 4.07. The standard InChI is InChI=1S/C10H17N3O4/c1-11-8-2-3-13(10(16)12-8)9-4-6(15)7(5-14)17-9/h2,6-7,9,11,14-15H,3-5H2,1H3,(H,12,16)/t6-,7+,9+/m0/s1. The zero-order chi connectivity index (χ0) is 12.4. The van der Waals surface area contributed by atoms with Gasteiger partial charge in [-0.2, -0.15) is 0 Å². The maximum absolute atomic E-state index is 11.8. The Morgan fingerprint density at radius 1 is 1.71 bits per heavy atom. The number of aliphatic hydroxyl groups excluding tert-OH is 2. The summed E-state index contributed by atoms with van der Waals surface area (Å²) in [5.41, 5.74) is 0. The molecule has 2 aliphatic heterocycles. The van der Waals surface area contributed by atoms with Crippen LogP contribution in [0.4, 0.5) is 4.79 Å². The fraction of sp³-hybridized carbons (Fsp3) is 0.700. The summed E-state index contributed by atoms with van der Waals surface area (Å²) < 4.78 is 5.42. The highest BCUT2D eigenvalue weighted by atomic mass is 16.5. The van der Waals surface area contributed by atoms with Crippen molar-refractivity contribution in [3.05, 3.63) is 11.9 Å². The van der Waals surface area contributed by atoms with Crippen molar-refractivity contribution >= 4 is 6.03 Å². The summed E-state index contributed by atoms with van der Waals surface area (Å²) in [4.78, 5) is 13.2. The quantitative estimate of drug-likeness (QED) is 0.486. The van der Waals surface area contributed by atoms with Crippen LogP contribution in [0.1, 0.15) is 6.42 Å². The molecule has 0 spiro atoms. The maximum Gasteiger partial charge on any atom is 0.325 e. The van der Waals surface area contributed by atoms with E-state index in [1.807, 2.05) is 6.08 Å². The molecule has 0 aromatic carbocycles. The Kier molecular flexibility index (Phi) is 3.51. The number of carbonyl (C=O) groups excluding carboxylic acids is 1. The number of hydrogen-bond donors (Lipinski definition) is 4. The first-order valence-corrected chi connectivity index (χ1v) is 5.55. The van der Waals surface area contributed by atoms with E-state index in [1.165, 1.54) is 4.90 Å². The van der Waals surface area contributed by atoms with Crippen molar-refractivity contribution in [3.63, 3.8) is 0 Å². The Bertz CT molecular complexity index is 334. The number of carbonyl (C=O) groups is 1. The Labute approximate surface area is 99.0 Å². The molecule has 0 unspecified atom stereocenters. The summed E-state index contributed by atoms with van der Waals surface area (Å²) in [5.74, 6) is 0.656. The third-order valence-corrected chi connectivity index (χ3v) is 3.00. The molecule has 1 fully saturated rings. The molecule has 2 aliphatic rings. The third kappa shape index (κ3) is 2.36. The Balaban J connectivity index is 2.00. The topological polar surface area (TPSA) is 94.1 Å². The normalized spacial score (nSPS) is 33.4. The van der Waals surface area contributed by atoms with Crippen LogP contribution in [0.3, 0.4) is 0 Å². The van der Waals surface area contributed by atoms with E-state index >= 15 is 0 Å². The second kappa shape index (κ2) is 4.91. The maximum atomic E-state index is 11.8. The van der Waals surface area contributed by atoms with Gasteiger partial charge < -0.3 is 20.3 Å². The summed E-state index contributed by atoms with van der Waals surface area (Å²) in [6, 6.07) is -0.271. The van der Waals surface area contributed by atoms with E-state index in [2.05, 4.69) is 10.6 Å². The van der Waals surface area contributed by atoms with Gasteiger partial charge in [-0.3, -0.25) is 10.2 Å². The fourth-order valence-electron chi connectivity index (χ4n) is 2.00. The van der Waals surface area contributed by atoms with Crippen LogP contribution >= 0.6 is 0 Å². The van der Waals surface area contributed by atoms with Gasteiger partial charge >= 0.3 is 6.03 Å². The minimum atomic E-state index is -0.729. The van der Waals surface area contributed by atoms with Crippen LogP contribution < -0.4 is 10.6 Å². The number of nitrogens with zero attached hydrogens (tertiary/aromatic N) is 1. The van der Waals surface area contributed by atoms with Crippen LogP contribution in [0.5, 0.6) is 0 Å². The average molecular weight is 243 g/mol. The Hall–Kier alpha value is -1.31. The number of aliphatic hydroxyl groups is 2. The molecule has 17 heavy (non-hydrogen) atoms. The molecule has 0 aliphatic carbocycles. The van der Waals surface area contributed by atoms with Crippen molar-refractivity contribution in [2.75, 3.05) is 20.2 Å². The molecular formula is C10H17N3O4. The van der Waals surface area contributed by atoms with Gasteiger partial charge in [-0.15, -0.1) is 0 Å². The van der Waals surface area contributed by atoms with Gasteiger partial charge in [0.1, 0.15) is 18.2 Å². The Morgan fingerprint density at radius 3 is 3.00 bits per heavy atom. The monoisotopic (exact) mass is 243 g/mol. The van der Waals surface area contributed by atoms with Crippen LogP contribution in [0.2, 0.25) is 0 Å². The zero-order valence-corrected chi connectivity index (χ0v) is 9.59. The van der Waals surface area contributed by atoms with Crippen molar-refractivity contribution in [1.29, 1.82) is 0 Å². The summed E-state index contributed by atoms with van der Waals surface area (Å²) in [6.45, 7) is 0.169. The van der Waals surface area contributed by atoms with Crippen molar-refractivity contribution in [1.82, 2.24) is 15.5 Å². The first-order chi connectivity index (χ1) is 8.15. The molecular weight excluding hydrogens is 226 g/mol. The third-order valence-electron chi connectivity index (χ3n) is 3.00. The SMILES string of the molecule is CNC1=CCN([C@H]2C[C@H](O)[C@@H](CO)O2)C(=O)N1. The fourth-order valence-corrected chi connectivity index (χ4v) is 2.00. The number of urea groups is 1. The van der Waals surface area contributed by atoms with E-state index in [4.69, 9.17) is 9.84 Å². The molecule has 7 nitrogen and oxygen atoms in total. The molecule has 3 atom stereocenters. The van der Waals surface area contributed by atoms with Gasteiger partial charge in [0, 0.05) is 20.0 Å². The van der Waals surface area contributed by atoms with Gasteiger partial charge in [0.2, 0.25) is 0 Å². The van der Waals surface area contributed by atoms with Crippen LogP contribution in [0.25, 0.3) is 0 Å². The van der Waals surface area contributed by atoms with E-state index in [0.29, 0.717) is 18.8 Å². The van der Waals surface area contributed by atoms with Crippen LogP contribution in [0.15, 0.2) is 11.9 Å². The average Bonchev–Trinajstić information content (AvgIpc) is 2.70. The highest BCUT2D eigenvalue weighted by molar-refractivity contribution is 5.77. The molecule has 4 N–H and O–H groups in total. The molecule has 96 valence electrons. The molecule has 2 heterocycles. The summed E-state index contributed by atoms with van der Waals surface area (Å²) in [5, 5.41) is 24.1. The highest BCUT2D eigenvalue weighted by Crippen LogP contribution is 2.24. The van der Waals surface area contributed by atoms with Gasteiger partial charge in [0.15, 0.2) is 0 Å². The second-order valence-corrected chi connectivity index (χ2v) is 4.07. The molecule has 0 saturated carbocycles. The first-order valence-electron chi connectivity index (χ1n) is 5.55. The van der Waals surface area contributed by atoms with Crippen molar-refractivity contribution in [3.8, 4) is 0 Å². The van der Waals surface area contributed by atoms with Crippen LogP contribution in [0, 0.1) is 0 Å². The lowest BCUT2D eigenvalue weighted by atomic mass is 10.2. The van der Waals surface area contributed by atoms with Crippen molar-refractivity contribution < 1.29 is 19.7 Å². The molecule has 2 rings (SSSR count). The molecule has 7 heteroatoms. The smallest absolute Gasteiger partial charge is 0.325 e. The molecule has 0 aromatic heterocycles. The summed E-state index contributed by atoms with van der Waals surface area (Å²) in [6.07, 6.45) is 0.317. The number of hydrogen-bond acceptors (Lipinski definition) is 5. The van der Waals surface area contributed by atoms with E-state index in [1.54, 1.807) is 7.05 Å². The zero-order valence-electron chi connectivity index (χ0n) is 9.59. The highest BCUT2D eigenvalue weighted by Gasteiger charge is 2.39. The van der Waals surface area contributed by atoms with Gasteiger partial charge in [-0.1, -0.05) is 0 Å². The van der Waals surface area contributed by atoms with Gasteiger partial charge in [-0.25, -0.2) is 4.79 Å². The predicted octanol–water partition coefficient (Wildman–Crippen LogP) is -1.46. The predicted molar refractivity (Wildman–Crippen MR) is 58.8 cm³/mol. The van der Waals surface area contributed by atoms with Crippen molar-refractivity contribution in [2.45, 2.75) is 24.9 Å². The minimum absolute atomic E-state index is 0.245. The van der Waals surface area contributed by atoms with Gasteiger partial charge in [0.25, 0.3) is 0 Å². The summed E-state index contributed by atoms with van der Waals surface area (Å²) in [7, 11) is 1.72. The Morgan fingerprint density at radius 2 is 2.47 bits per heavy atom. The number of rotatable bonds is 3. The molecule has 1 saturated heterocycles. The number of amides is 2. The minimum Gasteiger partial charge on any atom is -0.394 e. The van der Waals surface area contributed by atoms with E-state index in [9.17, 15) is 9.90 Å². The molecule has 2 amide bonds. The number of ether oxygens (including phenoxy) is 1. The largest absolute Gasteiger partial charge is 0.394 e. The summed E-state index contributed by atoms with van der Waals surface area (Å²) >= 11 is 0. The lowest BCUT2D eigenvalue weighted by Crippen LogP contribution is -2.50. The van der Waals surface area contributed by atoms with Crippen LogP contribution in [-0.4, -0.2) is 59.8 Å². The van der Waals surface area contributed by atoms with Crippen molar-refractivity contribution in [2.24, 2.45) is 0 Å². The van der Waals surface area contributed by atoms with E-state index in [-0.39, 0.29) is 12.6 Å². The molecule has 0 aromatic rings. The van der Waals surface area contributed by atoms with E-state index < -0.39 is 18.4 Å². The van der Waals surface area contributed by atoms with Crippen LogP contribution in [-0.2, 0) is 4.74 Å². The lowest BCUT2D eigenvalue weighted by molar-refractivity contribution is -0.0621. The van der Waals surface area contributed by atoms with Gasteiger partial charge in [0.05, 0.1) is 12.7 Å². The lowest BCUT2D eigenvalue weighted by Gasteiger charge is -2.31. The number of nitrogens with one attached hydrogen (secondary N) is 2.